The Labute approximate surface area is 122 Å². The molecule has 4 nitrogen and oxygen atoms in total. The second-order valence-electron chi connectivity index (χ2n) is 4.71. The Balaban J connectivity index is 2.37. The molecule has 0 radical (unpaired) electrons. The number of carbonyl (C=O) groups excluding carboxylic acids is 2. The predicted octanol–water partition coefficient (Wildman–Crippen LogP) is 3.21. The van der Waals surface area contributed by atoms with Gasteiger partial charge in [0.25, 0.3) is 0 Å². The number of aliphatic carboxylic acids is 1. The Kier molecular flexibility index (Phi) is 4.28. The van der Waals surface area contributed by atoms with E-state index in [9.17, 15) is 14.4 Å². The van der Waals surface area contributed by atoms with Gasteiger partial charge in [-0.3, -0.25) is 14.4 Å². The van der Waals surface area contributed by atoms with Gasteiger partial charge in [-0.2, -0.15) is 0 Å². The summed E-state index contributed by atoms with van der Waals surface area (Å²) in [5, 5.41) is 8.67. The minimum absolute atomic E-state index is 0.0324. The number of rotatable bonds is 5. The minimum atomic E-state index is -1.15. The van der Waals surface area contributed by atoms with Crippen molar-refractivity contribution >= 4 is 17.5 Å². The third kappa shape index (κ3) is 3.63. The van der Waals surface area contributed by atoms with E-state index in [1.807, 2.05) is 12.1 Å². The summed E-state index contributed by atoms with van der Waals surface area (Å²) in [7, 11) is 0. The van der Waals surface area contributed by atoms with Crippen LogP contribution in [0.25, 0.3) is 11.1 Å². The fourth-order valence-corrected chi connectivity index (χ4v) is 2.03. The molecule has 2 rings (SSSR count). The van der Waals surface area contributed by atoms with Crippen molar-refractivity contribution in [3.05, 3.63) is 59.7 Å². The standard InChI is InChI=1S/C17H14O4/c1-11(18)12-4-2-5-13(8-12)14-6-3-7-15(9-14)16(19)10-17(20)21/h2-9H,10H2,1H3,(H,20,21). The lowest BCUT2D eigenvalue weighted by Gasteiger charge is -2.06. The van der Waals surface area contributed by atoms with Gasteiger partial charge in [0.1, 0.15) is 6.42 Å². The summed E-state index contributed by atoms with van der Waals surface area (Å²) in [6.07, 6.45) is -0.531. The number of Topliss-reactive ketones (excluding diaryl/α,β-unsaturated/α-hetero) is 2. The van der Waals surface area contributed by atoms with Gasteiger partial charge in [-0.25, -0.2) is 0 Å². The van der Waals surface area contributed by atoms with Crippen LogP contribution in [0, 0.1) is 0 Å². The second kappa shape index (κ2) is 6.13. The zero-order valence-electron chi connectivity index (χ0n) is 11.5. The van der Waals surface area contributed by atoms with Gasteiger partial charge in [-0.1, -0.05) is 36.4 Å². The van der Waals surface area contributed by atoms with Crippen molar-refractivity contribution in [2.75, 3.05) is 0 Å². The fourth-order valence-electron chi connectivity index (χ4n) is 2.03. The van der Waals surface area contributed by atoms with Gasteiger partial charge in [0, 0.05) is 11.1 Å². The molecule has 21 heavy (non-hydrogen) atoms. The summed E-state index contributed by atoms with van der Waals surface area (Å²) >= 11 is 0. The molecule has 0 aliphatic heterocycles. The van der Waals surface area contributed by atoms with Gasteiger partial charge in [-0.15, -0.1) is 0 Å². The first-order chi connectivity index (χ1) is 9.97. The van der Waals surface area contributed by atoms with Gasteiger partial charge in [0.15, 0.2) is 11.6 Å². The number of hydrogen-bond donors (Lipinski definition) is 1. The monoisotopic (exact) mass is 282 g/mol. The molecule has 2 aromatic carbocycles. The molecule has 0 unspecified atom stereocenters. The van der Waals surface area contributed by atoms with E-state index in [-0.39, 0.29) is 5.78 Å². The maximum atomic E-state index is 11.8. The average molecular weight is 282 g/mol. The number of carboxylic acids is 1. The number of carbonyl (C=O) groups is 3. The highest BCUT2D eigenvalue weighted by Crippen LogP contribution is 2.22. The first-order valence-corrected chi connectivity index (χ1v) is 6.44. The van der Waals surface area contributed by atoms with Crippen molar-refractivity contribution in [1.29, 1.82) is 0 Å². The zero-order valence-corrected chi connectivity index (χ0v) is 11.5. The molecule has 0 bridgehead atoms. The maximum Gasteiger partial charge on any atom is 0.311 e. The third-order valence-electron chi connectivity index (χ3n) is 3.10. The molecule has 0 aliphatic carbocycles. The number of hydrogen-bond acceptors (Lipinski definition) is 3. The van der Waals surface area contributed by atoms with Gasteiger partial charge in [0.05, 0.1) is 0 Å². The van der Waals surface area contributed by atoms with E-state index >= 15 is 0 Å². The lowest BCUT2D eigenvalue weighted by Crippen LogP contribution is -2.06. The Morgan fingerprint density at radius 3 is 1.95 bits per heavy atom. The second-order valence-corrected chi connectivity index (χ2v) is 4.71. The molecule has 0 saturated carbocycles. The topological polar surface area (TPSA) is 71.4 Å². The number of carboxylic acid groups (broad SMARTS) is 1. The van der Waals surface area contributed by atoms with Crippen LogP contribution >= 0.6 is 0 Å². The molecular formula is C17H14O4. The molecule has 1 N–H and O–H groups in total. The van der Waals surface area contributed by atoms with Crippen LogP contribution in [0.4, 0.5) is 0 Å². The highest BCUT2D eigenvalue weighted by Gasteiger charge is 2.11. The fraction of sp³-hybridized carbons (Fsp3) is 0.118. The largest absolute Gasteiger partial charge is 0.481 e. The van der Waals surface area contributed by atoms with Crippen LogP contribution in [0.1, 0.15) is 34.1 Å². The van der Waals surface area contributed by atoms with E-state index < -0.39 is 18.2 Å². The van der Waals surface area contributed by atoms with Crippen molar-refractivity contribution in [2.45, 2.75) is 13.3 Å². The van der Waals surface area contributed by atoms with Gasteiger partial charge >= 0.3 is 5.97 Å². The van der Waals surface area contributed by atoms with Crippen LogP contribution in [-0.2, 0) is 4.79 Å². The normalized spacial score (nSPS) is 10.1. The van der Waals surface area contributed by atoms with E-state index in [4.69, 9.17) is 5.11 Å². The Bertz CT molecular complexity index is 716. The molecule has 0 fully saturated rings. The molecular weight excluding hydrogens is 268 g/mol. The van der Waals surface area contributed by atoms with Crippen LogP contribution in [0.2, 0.25) is 0 Å². The molecule has 0 amide bonds. The summed E-state index contributed by atoms with van der Waals surface area (Å²) in [5.41, 5.74) is 2.53. The van der Waals surface area contributed by atoms with Crippen LogP contribution in [0.15, 0.2) is 48.5 Å². The summed E-state index contributed by atoms with van der Waals surface area (Å²) in [4.78, 5) is 33.8. The quantitative estimate of drug-likeness (QED) is 0.675. The van der Waals surface area contributed by atoms with E-state index in [2.05, 4.69) is 0 Å². The molecule has 0 aromatic heterocycles. The van der Waals surface area contributed by atoms with Crippen molar-refractivity contribution in [3.8, 4) is 11.1 Å². The smallest absolute Gasteiger partial charge is 0.311 e. The van der Waals surface area contributed by atoms with E-state index in [1.165, 1.54) is 6.92 Å². The molecule has 0 spiro atoms. The summed E-state index contributed by atoms with van der Waals surface area (Å²) < 4.78 is 0. The van der Waals surface area contributed by atoms with Crippen LogP contribution < -0.4 is 0 Å². The Morgan fingerprint density at radius 2 is 1.43 bits per heavy atom. The molecule has 0 heterocycles. The first-order valence-electron chi connectivity index (χ1n) is 6.44. The van der Waals surface area contributed by atoms with Crippen LogP contribution in [0.3, 0.4) is 0 Å². The number of benzene rings is 2. The van der Waals surface area contributed by atoms with Gasteiger partial charge in [-0.05, 0) is 30.2 Å². The molecule has 0 saturated heterocycles. The molecule has 0 atom stereocenters. The summed E-state index contributed by atoms with van der Waals surface area (Å²) in [6.45, 7) is 1.49. The van der Waals surface area contributed by atoms with Gasteiger partial charge < -0.3 is 5.11 Å². The lowest BCUT2D eigenvalue weighted by molar-refractivity contribution is -0.135. The maximum absolute atomic E-state index is 11.8. The molecule has 106 valence electrons. The van der Waals surface area contributed by atoms with E-state index in [0.717, 1.165) is 11.1 Å². The van der Waals surface area contributed by atoms with E-state index in [0.29, 0.717) is 11.1 Å². The first kappa shape index (κ1) is 14.7. The molecule has 2 aromatic rings. The highest BCUT2D eigenvalue weighted by molar-refractivity contribution is 6.06. The van der Waals surface area contributed by atoms with Crippen LogP contribution in [0.5, 0.6) is 0 Å². The highest BCUT2D eigenvalue weighted by atomic mass is 16.4. The van der Waals surface area contributed by atoms with Crippen molar-refractivity contribution < 1.29 is 19.5 Å². The average Bonchev–Trinajstić information content (AvgIpc) is 2.47. The van der Waals surface area contributed by atoms with Crippen molar-refractivity contribution in [3.63, 3.8) is 0 Å². The Morgan fingerprint density at radius 1 is 0.905 bits per heavy atom. The summed E-state index contributed by atoms with van der Waals surface area (Å²) in [5.74, 6) is -1.62. The summed E-state index contributed by atoms with van der Waals surface area (Å²) in [6, 6.07) is 13.8. The van der Waals surface area contributed by atoms with E-state index in [1.54, 1.807) is 36.4 Å². The van der Waals surface area contributed by atoms with Gasteiger partial charge in [0.2, 0.25) is 0 Å². The SMILES string of the molecule is CC(=O)c1cccc(-c2cccc(C(=O)CC(=O)O)c2)c1. The third-order valence-corrected chi connectivity index (χ3v) is 3.10. The zero-order chi connectivity index (χ0) is 15.4. The molecule has 0 aliphatic rings. The Hall–Kier alpha value is -2.75. The van der Waals surface area contributed by atoms with Crippen molar-refractivity contribution in [2.24, 2.45) is 0 Å². The van der Waals surface area contributed by atoms with Crippen LogP contribution in [-0.4, -0.2) is 22.6 Å². The molecule has 4 heteroatoms. The minimum Gasteiger partial charge on any atom is -0.481 e. The lowest BCUT2D eigenvalue weighted by atomic mass is 9.98. The predicted molar refractivity (Wildman–Crippen MR) is 78.5 cm³/mol. The number of ketones is 2. The van der Waals surface area contributed by atoms with Crippen molar-refractivity contribution in [1.82, 2.24) is 0 Å².